The van der Waals surface area contributed by atoms with E-state index in [1.54, 1.807) is 6.92 Å². The monoisotopic (exact) mass is 229 g/mol. The fraction of sp³-hybridized carbons (Fsp3) is 0.917. The number of aliphatic hydroxyl groups excluding tert-OH is 1. The Morgan fingerprint density at radius 1 is 1.38 bits per heavy atom. The molecule has 3 N–H and O–H groups in total. The maximum absolute atomic E-state index is 11.4. The minimum atomic E-state index is -0.886. The van der Waals surface area contributed by atoms with Crippen molar-refractivity contribution in [1.82, 2.24) is 0 Å². The van der Waals surface area contributed by atoms with E-state index in [4.69, 9.17) is 10.5 Å². The molecule has 1 rings (SSSR count). The summed E-state index contributed by atoms with van der Waals surface area (Å²) in [5.41, 5.74) is 5.70. The zero-order valence-corrected chi connectivity index (χ0v) is 10.0. The van der Waals surface area contributed by atoms with Crippen molar-refractivity contribution in [2.75, 3.05) is 6.61 Å². The number of nitrogens with two attached hydrogens (primary N) is 1. The molecule has 1 fully saturated rings. The Labute approximate surface area is 97.2 Å². The summed E-state index contributed by atoms with van der Waals surface area (Å²) in [5, 5.41) is 10.0. The van der Waals surface area contributed by atoms with Gasteiger partial charge in [0, 0.05) is 0 Å². The van der Waals surface area contributed by atoms with E-state index in [1.165, 1.54) is 12.8 Å². The molecule has 4 nitrogen and oxygen atoms in total. The average Bonchev–Trinajstić information content (AvgIpc) is 2.56. The first-order valence-electron chi connectivity index (χ1n) is 6.27. The second kappa shape index (κ2) is 6.86. The van der Waals surface area contributed by atoms with E-state index in [9.17, 15) is 9.90 Å². The Balaban J connectivity index is 2.47. The predicted octanol–water partition coefficient (Wildman–Crippen LogP) is 1.21. The van der Waals surface area contributed by atoms with Gasteiger partial charge in [0.25, 0.3) is 0 Å². The summed E-state index contributed by atoms with van der Waals surface area (Å²) < 4.78 is 4.82. The van der Waals surface area contributed by atoms with Gasteiger partial charge in [0.15, 0.2) is 0 Å². The molecule has 4 heteroatoms. The Hall–Kier alpha value is -0.610. The first-order valence-corrected chi connectivity index (χ1v) is 6.27. The first-order chi connectivity index (χ1) is 7.66. The lowest BCUT2D eigenvalue weighted by molar-refractivity contribution is -0.148. The second-order valence-corrected chi connectivity index (χ2v) is 4.52. The maximum atomic E-state index is 11.4. The highest BCUT2D eigenvalue weighted by Crippen LogP contribution is 2.26. The maximum Gasteiger partial charge on any atom is 0.325 e. The number of ether oxygens (including phenoxy) is 1. The highest BCUT2D eigenvalue weighted by molar-refractivity contribution is 5.76. The van der Waals surface area contributed by atoms with Crippen LogP contribution in [0, 0.1) is 5.92 Å². The van der Waals surface area contributed by atoms with Crippen molar-refractivity contribution in [3.8, 4) is 0 Å². The number of carbonyl (C=O) groups excluding carboxylic acids is 1. The summed E-state index contributed by atoms with van der Waals surface area (Å²) in [7, 11) is 0. The third-order valence-corrected chi connectivity index (χ3v) is 3.31. The Morgan fingerprint density at radius 3 is 2.44 bits per heavy atom. The standard InChI is InChI=1S/C12H23NO3/c1-2-16-12(15)10(13)11(14)9-7-5-3-4-6-8-9/h9-11,14H,2-8,13H2,1H3. The second-order valence-electron chi connectivity index (χ2n) is 4.52. The lowest BCUT2D eigenvalue weighted by Crippen LogP contribution is -2.46. The molecule has 1 aliphatic carbocycles. The van der Waals surface area contributed by atoms with Gasteiger partial charge in [-0.2, -0.15) is 0 Å². The molecular weight excluding hydrogens is 206 g/mol. The number of aliphatic hydroxyl groups is 1. The molecule has 1 aliphatic rings. The molecule has 0 aromatic rings. The normalized spacial score (nSPS) is 22.2. The van der Waals surface area contributed by atoms with E-state index >= 15 is 0 Å². The fourth-order valence-electron chi connectivity index (χ4n) is 2.32. The van der Waals surface area contributed by atoms with Crippen molar-refractivity contribution < 1.29 is 14.6 Å². The highest BCUT2D eigenvalue weighted by atomic mass is 16.5. The van der Waals surface area contributed by atoms with Gasteiger partial charge >= 0.3 is 5.97 Å². The molecule has 0 heterocycles. The number of hydrogen-bond acceptors (Lipinski definition) is 4. The van der Waals surface area contributed by atoms with Crippen molar-refractivity contribution in [2.45, 2.75) is 57.6 Å². The van der Waals surface area contributed by atoms with E-state index in [-0.39, 0.29) is 5.92 Å². The number of carbonyl (C=O) groups is 1. The van der Waals surface area contributed by atoms with Gasteiger partial charge in [-0.25, -0.2) is 0 Å². The lowest BCUT2D eigenvalue weighted by atomic mass is 9.90. The molecule has 1 saturated carbocycles. The number of rotatable bonds is 4. The van der Waals surface area contributed by atoms with E-state index in [0.29, 0.717) is 6.61 Å². The molecule has 2 atom stereocenters. The van der Waals surface area contributed by atoms with Gasteiger partial charge in [-0.3, -0.25) is 4.79 Å². The summed E-state index contributed by atoms with van der Waals surface area (Å²) in [6.07, 6.45) is 5.87. The summed E-state index contributed by atoms with van der Waals surface area (Å²) in [6.45, 7) is 2.05. The van der Waals surface area contributed by atoms with Gasteiger partial charge in [-0.15, -0.1) is 0 Å². The molecule has 0 saturated heterocycles. The lowest BCUT2D eigenvalue weighted by Gasteiger charge is -2.25. The number of hydrogen-bond donors (Lipinski definition) is 2. The van der Waals surface area contributed by atoms with Gasteiger partial charge in [0.05, 0.1) is 12.7 Å². The molecule has 94 valence electrons. The minimum absolute atomic E-state index is 0.155. The molecule has 16 heavy (non-hydrogen) atoms. The van der Waals surface area contributed by atoms with Gasteiger partial charge in [0.2, 0.25) is 0 Å². The smallest absolute Gasteiger partial charge is 0.325 e. The summed E-state index contributed by atoms with van der Waals surface area (Å²) in [5.74, 6) is -0.332. The largest absolute Gasteiger partial charge is 0.465 e. The molecule has 0 bridgehead atoms. The van der Waals surface area contributed by atoms with E-state index < -0.39 is 18.1 Å². The van der Waals surface area contributed by atoms with Crippen LogP contribution in [-0.4, -0.2) is 29.8 Å². The highest BCUT2D eigenvalue weighted by Gasteiger charge is 2.31. The van der Waals surface area contributed by atoms with Crippen LogP contribution in [0.3, 0.4) is 0 Å². The summed E-state index contributed by atoms with van der Waals surface area (Å²) in [4.78, 5) is 11.4. The van der Waals surface area contributed by atoms with Gasteiger partial charge in [-0.1, -0.05) is 25.7 Å². The number of esters is 1. The summed E-state index contributed by atoms with van der Waals surface area (Å²) in [6, 6.07) is -0.886. The van der Waals surface area contributed by atoms with E-state index in [2.05, 4.69) is 0 Å². The van der Waals surface area contributed by atoms with Crippen molar-refractivity contribution >= 4 is 5.97 Å². The van der Waals surface area contributed by atoms with Crippen molar-refractivity contribution in [3.05, 3.63) is 0 Å². The molecule has 0 aromatic carbocycles. The van der Waals surface area contributed by atoms with Crippen LogP contribution in [0.4, 0.5) is 0 Å². The van der Waals surface area contributed by atoms with Crippen LogP contribution in [0.1, 0.15) is 45.4 Å². The predicted molar refractivity (Wildman–Crippen MR) is 61.8 cm³/mol. The first kappa shape index (κ1) is 13.5. The van der Waals surface area contributed by atoms with Crippen molar-refractivity contribution in [1.29, 1.82) is 0 Å². The zero-order chi connectivity index (χ0) is 12.0. The van der Waals surface area contributed by atoms with Crippen LogP contribution in [0.2, 0.25) is 0 Å². The third-order valence-electron chi connectivity index (χ3n) is 3.31. The zero-order valence-electron chi connectivity index (χ0n) is 10.0. The SMILES string of the molecule is CCOC(=O)C(N)C(O)C1CCCCCC1. The average molecular weight is 229 g/mol. The van der Waals surface area contributed by atoms with Crippen molar-refractivity contribution in [2.24, 2.45) is 11.7 Å². The molecule has 0 radical (unpaired) electrons. The summed E-state index contributed by atoms with van der Waals surface area (Å²) >= 11 is 0. The van der Waals surface area contributed by atoms with Gasteiger partial charge in [-0.05, 0) is 25.7 Å². The van der Waals surface area contributed by atoms with Gasteiger partial charge in [0.1, 0.15) is 6.04 Å². The Kier molecular flexibility index (Phi) is 5.77. The molecule has 0 spiro atoms. The van der Waals surface area contributed by atoms with Crippen LogP contribution in [0.15, 0.2) is 0 Å². The van der Waals surface area contributed by atoms with Crippen LogP contribution < -0.4 is 5.73 Å². The van der Waals surface area contributed by atoms with E-state index in [0.717, 1.165) is 25.7 Å². The Bertz CT molecular complexity index is 212. The molecule has 0 aliphatic heterocycles. The fourth-order valence-corrected chi connectivity index (χ4v) is 2.32. The van der Waals surface area contributed by atoms with Crippen molar-refractivity contribution in [3.63, 3.8) is 0 Å². The molecule has 2 unspecified atom stereocenters. The van der Waals surface area contributed by atoms with Crippen LogP contribution >= 0.6 is 0 Å². The van der Waals surface area contributed by atoms with Crippen LogP contribution in [-0.2, 0) is 9.53 Å². The van der Waals surface area contributed by atoms with Crippen LogP contribution in [0.5, 0.6) is 0 Å². The van der Waals surface area contributed by atoms with E-state index in [1.807, 2.05) is 0 Å². The molecular formula is C12H23NO3. The Morgan fingerprint density at radius 2 is 1.94 bits per heavy atom. The molecule has 0 aromatic heterocycles. The quantitative estimate of drug-likeness (QED) is 0.561. The minimum Gasteiger partial charge on any atom is -0.465 e. The van der Waals surface area contributed by atoms with Gasteiger partial charge < -0.3 is 15.6 Å². The van der Waals surface area contributed by atoms with Crippen LogP contribution in [0.25, 0.3) is 0 Å². The topological polar surface area (TPSA) is 72.5 Å². The molecule has 0 amide bonds. The third kappa shape index (κ3) is 3.76.